The molecule has 2 aromatic carbocycles. The van der Waals surface area contributed by atoms with E-state index in [9.17, 15) is 9.18 Å². The van der Waals surface area contributed by atoms with Crippen LogP contribution in [0.25, 0.3) is 0 Å². The van der Waals surface area contributed by atoms with Gasteiger partial charge in [-0.3, -0.25) is 0 Å². The van der Waals surface area contributed by atoms with Crippen molar-refractivity contribution in [2.24, 2.45) is 0 Å². The van der Waals surface area contributed by atoms with Crippen molar-refractivity contribution in [3.63, 3.8) is 0 Å². The third-order valence-electron chi connectivity index (χ3n) is 4.11. The molecule has 0 radical (unpaired) electrons. The molecule has 0 aliphatic rings. The average Bonchev–Trinajstić information content (AvgIpc) is 2.74. The van der Waals surface area contributed by atoms with Gasteiger partial charge < -0.3 is 9.47 Å². The molecule has 1 aromatic heterocycles. The Bertz CT molecular complexity index is 1100. The van der Waals surface area contributed by atoms with Crippen LogP contribution in [0.2, 0.25) is 15.1 Å². The van der Waals surface area contributed by atoms with Gasteiger partial charge in [0.25, 0.3) is 0 Å². The lowest BCUT2D eigenvalue weighted by Crippen LogP contribution is -2.15. The van der Waals surface area contributed by atoms with Gasteiger partial charge in [0.1, 0.15) is 5.82 Å². The van der Waals surface area contributed by atoms with Crippen LogP contribution < -0.4 is 4.74 Å². The molecule has 0 spiro atoms. The molecule has 0 N–H and O–H groups in total. The molecule has 0 bridgehead atoms. The van der Waals surface area contributed by atoms with E-state index in [0.717, 1.165) is 5.56 Å². The molecule has 0 atom stereocenters. The van der Waals surface area contributed by atoms with E-state index in [2.05, 4.69) is 11.6 Å². The van der Waals surface area contributed by atoms with Crippen molar-refractivity contribution < 1.29 is 18.7 Å². The van der Waals surface area contributed by atoms with Gasteiger partial charge in [0.2, 0.25) is 5.88 Å². The monoisotopic (exact) mass is 511 g/mol. The van der Waals surface area contributed by atoms with Gasteiger partial charge in [-0.1, -0.05) is 53.0 Å². The number of esters is 1. The van der Waals surface area contributed by atoms with Crippen LogP contribution in [0, 0.1) is 5.82 Å². The van der Waals surface area contributed by atoms with Gasteiger partial charge in [0.15, 0.2) is 5.76 Å². The summed E-state index contributed by atoms with van der Waals surface area (Å²) in [6.07, 6.45) is 0.493. The molecule has 0 amide bonds. The molecule has 0 saturated carbocycles. The highest BCUT2D eigenvalue weighted by atomic mass is 35.5. The number of nitrogens with zero attached hydrogens (tertiary/aromatic N) is 1. The molecule has 4 nitrogen and oxygen atoms in total. The number of hydrogen-bond acceptors (Lipinski definition) is 5. The van der Waals surface area contributed by atoms with Gasteiger partial charge >= 0.3 is 5.97 Å². The van der Waals surface area contributed by atoms with E-state index in [1.807, 2.05) is 0 Å². The number of ether oxygens (including phenoxy) is 2. The first-order valence-corrected chi connectivity index (χ1v) is 11.5. The Labute approximate surface area is 204 Å². The Morgan fingerprint density at radius 3 is 2.44 bits per heavy atom. The first-order valence-electron chi connectivity index (χ1n) is 9.33. The van der Waals surface area contributed by atoms with Gasteiger partial charge in [-0.15, -0.1) is 11.8 Å². The summed E-state index contributed by atoms with van der Waals surface area (Å²) < 4.78 is 23.5. The number of aromatic nitrogens is 1. The summed E-state index contributed by atoms with van der Waals surface area (Å²) in [4.78, 5) is 17.2. The van der Waals surface area contributed by atoms with E-state index in [1.165, 1.54) is 23.9 Å². The topological polar surface area (TPSA) is 48.4 Å². The van der Waals surface area contributed by atoms with Crippen LogP contribution in [0.3, 0.4) is 0 Å². The molecular weight excluding hydrogens is 496 g/mol. The normalized spacial score (nSPS) is 10.6. The van der Waals surface area contributed by atoms with Crippen molar-refractivity contribution in [3.8, 4) is 5.88 Å². The van der Waals surface area contributed by atoms with E-state index in [1.54, 1.807) is 42.5 Å². The van der Waals surface area contributed by atoms with Crippen LogP contribution in [0.5, 0.6) is 5.88 Å². The highest BCUT2D eigenvalue weighted by Gasteiger charge is 2.14. The van der Waals surface area contributed by atoms with Crippen molar-refractivity contribution in [2.45, 2.75) is 17.1 Å². The third kappa shape index (κ3) is 7.14. The molecule has 0 fully saturated rings. The molecule has 0 saturated heterocycles. The summed E-state index contributed by atoms with van der Waals surface area (Å²) in [5.41, 5.74) is 1.53. The fourth-order valence-electron chi connectivity index (χ4n) is 2.56. The maximum atomic E-state index is 12.9. The molecule has 166 valence electrons. The molecule has 1 heterocycles. The lowest BCUT2D eigenvalue weighted by Gasteiger charge is -2.10. The summed E-state index contributed by atoms with van der Waals surface area (Å²) in [6.45, 7) is 3.79. The first kappa shape index (κ1) is 24.4. The van der Waals surface area contributed by atoms with Crippen molar-refractivity contribution >= 4 is 52.5 Å². The highest BCUT2D eigenvalue weighted by Crippen LogP contribution is 2.38. The zero-order chi connectivity index (χ0) is 23.1. The van der Waals surface area contributed by atoms with Gasteiger partial charge in [0.05, 0.1) is 22.3 Å². The molecule has 0 aliphatic carbocycles. The zero-order valence-electron chi connectivity index (χ0n) is 16.6. The quantitative estimate of drug-likeness (QED) is 0.132. The standard InChI is InChI=1S/C23H17Cl3FNO3S/c1-14(30-10-9-15-5-7-17(27)8-6-15)23(29)31-21-4-2-3-18(28-21)13-32-22-19(25)11-16(24)12-20(22)26/h2-8,11-12H,1,9-10,13H2. The summed E-state index contributed by atoms with van der Waals surface area (Å²) in [5, 5.41) is 1.35. The van der Waals surface area contributed by atoms with E-state index < -0.39 is 5.97 Å². The number of pyridine rings is 1. The maximum absolute atomic E-state index is 12.9. The number of hydrogen-bond donors (Lipinski definition) is 0. The predicted octanol–water partition coefficient (Wildman–Crippen LogP) is 7.15. The minimum atomic E-state index is -0.745. The van der Waals surface area contributed by atoms with Crippen LogP contribution in [0.1, 0.15) is 11.3 Å². The summed E-state index contributed by atoms with van der Waals surface area (Å²) in [5.74, 6) is -0.639. The Morgan fingerprint density at radius 2 is 1.75 bits per heavy atom. The Kier molecular flexibility index (Phi) is 8.82. The van der Waals surface area contributed by atoms with Crippen LogP contribution in [0.4, 0.5) is 4.39 Å². The molecule has 9 heteroatoms. The van der Waals surface area contributed by atoms with Gasteiger partial charge in [-0.2, -0.15) is 0 Å². The largest absolute Gasteiger partial charge is 0.487 e. The van der Waals surface area contributed by atoms with E-state index in [-0.39, 0.29) is 24.1 Å². The fourth-order valence-corrected chi connectivity index (χ4v) is 4.55. The van der Waals surface area contributed by atoms with Crippen molar-refractivity contribution in [3.05, 3.63) is 99.1 Å². The van der Waals surface area contributed by atoms with Crippen molar-refractivity contribution in [1.82, 2.24) is 4.98 Å². The average molecular weight is 513 g/mol. The lowest BCUT2D eigenvalue weighted by atomic mass is 10.2. The van der Waals surface area contributed by atoms with Crippen molar-refractivity contribution in [2.75, 3.05) is 6.61 Å². The molecular formula is C23H17Cl3FNO3S. The molecule has 32 heavy (non-hydrogen) atoms. The molecule has 0 aliphatic heterocycles. The van der Waals surface area contributed by atoms with E-state index in [4.69, 9.17) is 44.3 Å². The fraction of sp³-hybridized carbons (Fsp3) is 0.130. The Balaban J connectivity index is 1.51. The van der Waals surface area contributed by atoms with Crippen LogP contribution in [-0.2, 0) is 21.7 Å². The van der Waals surface area contributed by atoms with Crippen molar-refractivity contribution in [1.29, 1.82) is 0 Å². The molecule has 3 aromatic rings. The van der Waals surface area contributed by atoms with E-state index >= 15 is 0 Å². The zero-order valence-corrected chi connectivity index (χ0v) is 19.7. The van der Waals surface area contributed by atoms with Gasteiger partial charge in [-0.25, -0.2) is 14.2 Å². The second-order valence-corrected chi connectivity index (χ2v) is 8.73. The number of halogens is 4. The smallest absolute Gasteiger partial charge is 0.379 e. The SMILES string of the molecule is C=C(OCCc1ccc(F)cc1)C(=O)Oc1cccc(CSc2c(Cl)cc(Cl)cc2Cl)n1. The minimum Gasteiger partial charge on any atom is -0.487 e. The summed E-state index contributed by atoms with van der Waals surface area (Å²) in [7, 11) is 0. The van der Waals surface area contributed by atoms with Crippen LogP contribution >= 0.6 is 46.6 Å². The number of carbonyl (C=O) groups is 1. The number of carbonyl (C=O) groups excluding carboxylic acids is 1. The third-order valence-corrected chi connectivity index (χ3v) is 6.32. The van der Waals surface area contributed by atoms with Crippen LogP contribution in [0.15, 0.2) is 71.8 Å². The minimum absolute atomic E-state index is 0.115. The Morgan fingerprint density at radius 1 is 1.06 bits per heavy atom. The number of benzene rings is 2. The predicted molar refractivity (Wildman–Crippen MR) is 126 cm³/mol. The highest BCUT2D eigenvalue weighted by molar-refractivity contribution is 7.98. The summed E-state index contributed by atoms with van der Waals surface area (Å²) in [6, 6.07) is 14.3. The number of rotatable bonds is 9. The molecule has 0 unspecified atom stereocenters. The second-order valence-electron chi connectivity index (χ2n) is 6.49. The molecule has 3 rings (SSSR count). The van der Waals surface area contributed by atoms with E-state index in [0.29, 0.717) is 37.8 Å². The maximum Gasteiger partial charge on any atom is 0.379 e. The van der Waals surface area contributed by atoms with Crippen LogP contribution in [-0.4, -0.2) is 17.6 Å². The second kappa shape index (κ2) is 11.6. The lowest BCUT2D eigenvalue weighted by molar-refractivity contribution is -0.134. The first-order chi connectivity index (χ1) is 15.3. The van der Waals surface area contributed by atoms with Gasteiger partial charge in [0, 0.05) is 28.2 Å². The Hall–Kier alpha value is -2.25. The van der Waals surface area contributed by atoms with Gasteiger partial charge in [-0.05, 0) is 42.5 Å². The number of thioether (sulfide) groups is 1. The summed E-state index contributed by atoms with van der Waals surface area (Å²) >= 11 is 19.7.